The van der Waals surface area contributed by atoms with Crippen molar-refractivity contribution in [1.82, 2.24) is 0 Å². The molecule has 0 unspecified atom stereocenters. The van der Waals surface area contributed by atoms with Crippen LogP contribution in [0.4, 0.5) is 0 Å². The van der Waals surface area contributed by atoms with E-state index in [1.807, 2.05) is 6.92 Å². The van der Waals surface area contributed by atoms with Gasteiger partial charge in [-0.15, -0.1) is 0 Å². The highest BCUT2D eigenvalue weighted by atomic mass is 16.7. The molecule has 11 atom stereocenters. The molecular weight excluding hydrogens is 444 g/mol. The van der Waals surface area contributed by atoms with Crippen molar-refractivity contribution in [2.24, 2.45) is 34.5 Å². The van der Waals surface area contributed by atoms with E-state index in [1.165, 1.54) is 6.42 Å². The summed E-state index contributed by atoms with van der Waals surface area (Å²) in [6.07, 6.45) is 12.3. The lowest BCUT2D eigenvalue weighted by Gasteiger charge is -2.63. The van der Waals surface area contributed by atoms with Crippen LogP contribution in [0.3, 0.4) is 0 Å². The predicted octanol–water partition coefficient (Wildman–Crippen LogP) is 4.51. The molecule has 2 heterocycles. The topological polar surface area (TPSA) is 85.2 Å². The van der Waals surface area contributed by atoms with E-state index in [0.717, 1.165) is 69.8 Å². The van der Waals surface area contributed by atoms with Crippen molar-refractivity contribution >= 4 is 5.97 Å². The van der Waals surface area contributed by atoms with Crippen molar-refractivity contribution in [3.8, 4) is 0 Å². The van der Waals surface area contributed by atoms with Gasteiger partial charge in [-0.25, -0.2) is 4.79 Å². The molecule has 6 rings (SSSR count). The van der Waals surface area contributed by atoms with Crippen molar-refractivity contribution < 1.29 is 29.2 Å². The Balaban J connectivity index is 1.16. The maximum atomic E-state index is 12.4. The molecule has 0 spiro atoms. The Hall–Kier alpha value is -0.950. The Morgan fingerprint density at radius 3 is 2.57 bits per heavy atom. The molecule has 5 fully saturated rings. The van der Waals surface area contributed by atoms with E-state index >= 15 is 0 Å². The first-order valence-corrected chi connectivity index (χ1v) is 14.2. The molecule has 0 radical (unpaired) electrons. The molecule has 0 bridgehead atoms. The molecule has 1 saturated heterocycles. The van der Waals surface area contributed by atoms with E-state index in [0.29, 0.717) is 24.4 Å². The first kappa shape index (κ1) is 24.4. The monoisotopic (exact) mass is 488 g/mol. The van der Waals surface area contributed by atoms with E-state index in [-0.39, 0.29) is 47.3 Å². The highest BCUT2D eigenvalue weighted by Crippen LogP contribution is 2.70. The number of fused-ring (bicyclic) bond motifs is 5. The molecule has 6 heteroatoms. The van der Waals surface area contributed by atoms with Crippen LogP contribution in [0.5, 0.6) is 0 Å². The normalized spacial score (nSPS) is 53.9. The molecule has 0 aromatic heterocycles. The van der Waals surface area contributed by atoms with Gasteiger partial charge in [0.25, 0.3) is 0 Å². The summed E-state index contributed by atoms with van der Waals surface area (Å²) in [5, 5.41) is 22.3. The number of aliphatic hydroxyl groups is 2. The van der Waals surface area contributed by atoms with Crippen LogP contribution in [-0.2, 0) is 19.0 Å². The van der Waals surface area contributed by atoms with Crippen molar-refractivity contribution in [3.63, 3.8) is 0 Å². The van der Waals surface area contributed by atoms with Crippen LogP contribution in [0, 0.1) is 34.5 Å². The summed E-state index contributed by atoms with van der Waals surface area (Å²) in [6.45, 7) is 7.14. The molecule has 0 aromatic rings. The Morgan fingerprint density at radius 1 is 1.00 bits per heavy atom. The maximum Gasteiger partial charge on any atom is 0.331 e. The average Bonchev–Trinajstić information content (AvgIpc) is 3.36. The maximum absolute atomic E-state index is 12.4. The van der Waals surface area contributed by atoms with Crippen molar-refractivity contribution in [2.45, 2.75) is 122 Å². The minimum absolute atomic E-state index is 0.157. The summed E-state index contributed by atoms with van der Waals surface area (Å²) >= 11 is 0. The van der Waals surface area contributed by atoms with Gasteiger partial charge in [0.1, 0.15) is 6.61 Å². The molecule has 0 amide bonds. The van der Waals surface area contributed by atoms with Gasteiger partial charge in [0.15, 0.2) is 6.29 Å². The highest BCUT2D eigenvalue weighted by molar-refractivity contribution is 5.85. The predicted molar refractivity (Wildman–Crippen MR) is 130 cm³/mol. The number of hydrogen-bond donors (Lipinski definition) is 2. The molecule has 6 nitrogen and oxygen atoms in total. The van der Waals surface area contributed by atoms with Gasteiger partial charge in [0, 0.05) is 17.9 Å². The summed E-state index contributed by atoms with van der Waals surface area (Å²) in [7, 11) is 0. The summed E-state index contributed by atoms with van der Waals surface area (Å²) < 4.78 is 17.6. The molecule has 6 aliphatic rings. The fourth-order valence-electron chi connectivity index (χ4n) is 9.75. The second-order valence-electron chi connectivity index (χ2n) is 13.2. The Labute approximate surface area is 209 Å². The summed E-state index contributed by atoms with van der Waals surface area (Å²) in [5.74, 6) is 1.56. The number of rotatable bonds is 3. The van der Waals surface area contributed by atoms with Gasteiger partial charge in [-0.05, 0) is 106 Å². The molecule has 0 aromatic carbocycles. The summed E-state index contributed by atoms with van der Waals surface area (Å²) in [5.41, 5.74) is 0.537. The third-order valence-electron chi connectivity index (χ3n) is 11.9. The number of esters is 1. The van der Waals surface area contributed by atoms with Crippen molar-refractivity contribution in [2.75, 3.05) is 6.61 Å². The number of ether oxygens (including phenoxy) is 3. The van der Waals surface area contributed by atoms with Gasteiger partial charge < -0.3 is 24.4 Å². The molecule has 35 heavy (non-hydrogen) atoms. The van der Waals surface area contributed by atoms with Crippen molar-refractivity contribution in [1.29, 1.82) is 0 Å². The van der Waals surface area contributed by atoms with Crippen LogP contribution in [0.25, 0.3) is 0 Å². The Kier molecular flexibility index (Phi) is 5.95. The third-order valence-corrected chi connectivity index (χ3v) is 11.9. The second kappa shape index (κ2) is 8.54. The Bertz CT molecular complexity index is 886. The van der Waals surface area contributed by atoms with E-state index in [1.54, 1.807) is 6.08 Å². The first-order chi connectivity index (χ1) is 16.6. The van der Waals surface area contributed by atoms with Gasteiger partial charge in [0.2, 0.25) is 0 Å². The number of aliphatic hydroxyl groups excluding tert-OH is 1. The number of cyclic esters (lactones) is 1. The third kappa shape index (κ3) is 3.68. The van der Waals surface area contributed by atoms with Crippen LogP contribution in [0.15, 0.2) is 11.6 Å². The molecule has 2 aliphatic heterocycles. The molecule has 4 aliphatic carbocycles. The van der Waals surface area contributed by atoms with Crippen molar-refractivity contribution in [3.05, 3.63) is 11.6 Å². The van der Waals surface area contributed by atoms with Gasteiger partial charge in [-0.3, -0.25) is 0 Å². The lowest BCUT2D eigenvalue weighted by molar-refractivity contribution is -0.252. The summed E-state index contributed by atoms with van der Waals surface area (Å²) in [6, 6.07) is 0. The van der Waals surface area contributed by atoms with Crippen LogP contribution in [0.1, 0.15) is 91.4 Å². The standard InChI is InChI=1S/C29H44O6/c1-17-24(30)6-7-26(34-17)35-20-8-11-27(2)19(15-20)4-5-23-22(27)9-12-28(3)21(10-13-29(23,28)32)18-14-25(31)33-16-18/h14,17,19-24,26,30,32H,4-13,15-16H2,1-3H3/t17-,19-,20+,21-,22+,23-,24+,26-,27+,28-,29+/m1/s1. The first-order valence-electron chi connectivity index (χ1n) is 14.2. The fraction of sp³-hybridized carbons (Fsp3) is 0.897. The number of hydrogen-bond acceptors (Lipinski definition) is 6. The zero-order valence-corrected chi connectivity index (χ0v) is 21.7. The lowest BCUT2D eigenvalue weighted by atomic mass is 9.43. The zero-order valence-electron chi connectivity index (χ0n) is 21.7. The number of carbonyl (C=O) groups is 1. The van der Waals surface area contributed by atoms with E-state index in [2.05, 4.69) is 13.8 Å². The lowest BCUT2D eigenvalue weighted by Crippen LogP contribution is -2.62. The van der Waals surface area contributed by atoms with E-state index in [4.69, 9.17) is 14.2 Å². The van der Waals surface area contributed by atoms with E-state index < -0.39 is 5.60 Å². The van der Waals surface area contributed by atoms with Gasteiger partial charge in [0.05, 0.1) is 23.9 Å². The second-order valence-corrected chi connectivity index (χ2v) is 13.2. The molecule has 4 saturated carbocycles. The number of carbonyl (C=O) groups excluding carboxylic acids is 1. The van der Waals surface area contributed by atoms with Crippen LogP contribution in [-0.4, -0.2) is 53.0 Å². The largest absolute Gasteiger partial charge is 0.458 e. The van der Waals surface area contributed by atoms with Gasteiger partial charge in [-0.2, -0.15) is 0 Å². The van der Waals surface area contributed by atoms with Crippen LogP contribution >= 0.6 is 0 Å². The average molecular weight is 489 g/mol. The molecule has 2 N–H and O–H groups in total. The quantitative estimate of drug-likeness (QED) is 0.449. The summed E-state index contributed by atoms with van der Waals surface area (Å²) in [4.78, 5) is 11.8. The van der Waals surface area contributed by atoms with Crippen LogP contribution in [0.2, 0.25) is 0 Å². The Morgan fingerprint density at radius 2 is 1.83 bits per heavy atom. The smallest absolute Gasteiger partial charge is 0.331 e. The van der Waals surface area contributed by atoms with Gasteiger partial charge >= 0.3 is 5.97 Å². The molecular formula is C29H44O6. The molecule has 196 valence electrons. The zero-order chi connectivity index (χ0) is 24.6. The van der Waals surface area contributed by atoms with Crippen LogP contribution < -0.4 is 0 Å². The SMILES string of the molecule is C[C@H]1O[C@H](O[C@H]2CC[C@@]3(C)[C@H](CC[C@@H]4[C@@H]3CC[C@]3(C)[C@@H](C5=CC(=O)OC5)CC[C@]43O)C2)CC[C@@H]1O. The van der Waals surface area contributed by atoms with Gasteiger partial charge in [-0.1, -0.05) is 13.8 Å². The minimum Gasteiger partial charge on any atom is -0.458 e. The highest BCUT2D eigenvalue weighted by Gasteiger charge is 2.67. The fourth-order valence-corrected chi connectivity index (χ4v) is 9.75. The van der Waals surface area contributed by atoms with E-state index in [9.17, 15) is 15.0 Å². The minimum atomic E-state index is -0.651.